The number of nitrogens with zero attached hydrogens (tertiary/aromatic N) is 3. The number of aromatic nitrogens is 2. The Morgan fingerprint density at radius 1 is 1.34 bits per heavy atom. The number of nitrogens with one attached hydrogen (secondary N) is 1. The van der Waals surface area contributed by atoms with Crippen LogP contribution in [0.4, 0.5) is 11.4 Å². The highest BCUT2D eigenvalue weighted by Crippen LogP contribution is 2.26. The normalized spacial score (nSPS) is 16.7. The minimum absolute atomic E-state index is 0.0657. The number of non-ortho nitro benzene ring substituents is 1. The number of anilines is 1. The molecule has 1 aromatic heterocycles. The van der Waals surface area contributed by atoms with Gasteiger partial charge in [0.15, 0.2) is 5.16 Å². The van der Waals surface area contributed by atoms with Crippen molar-refractivity contribution in [1.29, 1.82) is 0 Å². The summed E-state index contributed by atoms with van der Waals surface area (Å²) >= 11 is 1.17. The third kappa shape index (κ3) is 4.81. The van der Waals surface area contributed by atoms with Crippen LogP contribution >= 0.6 is 11.8 Å². The summed E-state index contributed by atoms with van der Waals surface area (Å²) in [5, 5.41) is 14.0. The second-order valence-corrected chi connectivity index (χ2v) is 8.83. The van der Waals surface area contributed by atoms with Crippen molar-refractivity contribution >= 4 is 39.9 Å². The first-order valence-corrected chi connectivity index (χ1v) is 11.1. The Hall–Kier alpha value is -3.24. The molecule has 0 spiro atoms. The fourth-order valence-corrected chi connectivity index (χ4v) is 4.46. The molecule has 0 saturated carbocycles. The molecule has 2 heterocycles. The Morgan fingerprint density at radius 2 is 2.16 bits per heavy atom. The average Bonchev–Trinajstić information content (AvgIpc) is 3.30. The van der Waals surface area contributed by atoms with Crippen LogP contribution in [0.5, 0.6) is 0 Å². The standard InChI is InChI=1S/C22H22N4O5S/c1-14(20(27)23-15-6-4-7-16(12-15)26(29)30)32-22-24-19-10-3-2-9-18(19)21(28)25(22)13-17-8-5-11-31-17/h2-4,6-7,9-10,12,14,17H,5,8,11,13H2,1H3,(H,23,27)/t14-,17-/m0/s1. The first-order chi connectivity index (χ1) is 15.4. The Kier molecular flexibility index (Phi) is 6.52. The molecule has 2 aromatic carbocycles. The van der Waals surface area contributed by atoms with Crippen LogP contribution in [0.3, 0.4) is 0 Å². The largest absolute Gasteiger partial charge is 0.376 e. The zero-order valence-corrected chi connectivity index (χ0v) is 18.2. The summed E-state index contributed by atoms with van der Waals surface area (Å²) in [5.74, 6) is -0.346. The number of carbonyl (C=O) groups excluding carboxylic acids is 1. The smallest absolute Gasteiger partial charge is 0.271 e. The first kappa shape index (κ1) is 22.0. The third-order valence-electron chi connectivity index (χ3n) is 5.21. The molecule has 0 aliphatic carbocycles. The number of hydrogen-bond donors (Lipinski definition) is 1. The highest BCUT2D eigenvalue weighted by molar-refractivity contribution is 8.00. The third-order valence-corrected chi connectivity index (χ3v) is 6.30. The lowest BCUT2D eigenvalue weighted by atomic mass is 10.2. The molecule has 1 amide bonds. The van der Waals surface area contributed by atoms with Crippen molar-refractivity contribution in [2.45, 2.75) is 42.8 Å². The van der Waals surface area contributed by atoms with Crippen molar-refractivity contribution in [2.24, 2.45) is 0 Å². The Bertz CT molecular complexity index is 1220. The van der Waals surface area contributed by atoms with Crippen LogP contribution in [0.1, 0.15) is 19.8 Å². The summed E-state index contributed by atoms with van der Waals surface area (Å²) in [5.41, 5.74) is 0.624. The van der Waals surface area contributed by atoms with Crippen molar-refractivity contribution in [2.75, 3.05) is 11.9 Å². The lowest BCUT2D eigenvalue weighted by Crippen LogP contribution is -2.30. The van der Waals surface area contributed by atoms with Gasteiger partial charge in [0.25, 0.3) is 11.2 Å². The maximum absolute atomic E-state index is 13.2. The lowest BCUT2D eigenvalue weighted by Gasteiger charge is -2.18. The Balaban J connectivity index is 1.59. The number of fused-ring (bicyclic) bond motifs is 1. The van der Waals surface area contributed by atoms with Crippen LogP contribution in [0.15, 0.2) is 58.5 Å². The lowest BCUT2D eigenvalue weighted by molar-refractivity contribution is -0.384. The first-order valence-electron chi connectivity index (χ1n) is 10.3. The molecule has 1 N–H and O–H groups in total. The maximum Gasteiger partial charge on any atom is 0.271 e. The molecule has 1 saturated heterocycles. The van der Waals surface area contributed by atoms with Gasteiger partial charge in [-0.1, -0.05) is 30.0 Å². The van der Waals surface area contributed by atoms with Gasteiger partial charge in [-0.25, -0.2) is 4.98 Å². The summed E-state index contributed by atoms with van der Waals surface area (Å²) in [6, 6.07) is 12.9. The van der Waals surface area contributed by atoms with Gasteiger partial charge in [0.05, 0.1) is 33.7 Å². The monoisotopic (exact) mass is 454 g/mol. The summed E-state index contributed by atoms with van der Waals surface area (Å²) in [4.78, 5) is 41.0. The number of para-hydroxylation sites is 1. The summed E-state index contributed by atoms with van der Waals surface area (Å²) in [7, 11) is 0. The van der Waals surface area contributed by atoms with Gasteiger partial charge in [-0.05, 0) is 38.0 Å². The number of thioether (sulfide) groups is 1. The number of benzene rings is 2. The van der Waals surface area contributed by atoms with Crippen LogP contribution in [-0.4, -0.2) is 38.3 Å². The van der Waals surface area contributed by atoms with Gasteiger partial charge in [0.2, 0.25) is 5.91 Å². The average molecular weight is 455 g/mol. The van der Waals surface area contributed by atoms with Crippen molar-refractivity contribution in [1.82, 2.24) is 9.55 Å². The number of amides is 1. The molecule has 1 aliphatic rings. The quantitative estimate of drug-likeness (QED) is 0.251. The number of carbonyl (C=O) groups is 1. The summed E-state index contributed by atoms with van der Waals surface area (Å²) < 4.78 is 7.29. The zero-order chi connectivity index (χ0) is 22.7. The van der Waals surface area contributed by atoms with Crippen LogP contribution in [0.2, 0.25) is 0 Å². The van der Waals surface area contributed by atoms with E-state index in [1.165, 1.54) is 30.0 Å². The van der Waals surface area contributed by atoms with Crippen molar-refractivity contribution in [3.63, 3.8) is 0 Å². The molecule has 1 fully saturated rings. The van der Waals surface area contributed by atoms with E-state index in [2.05, 4.69) is 10.3 Å². The fourth-order valence-electron chi connectivity index (χ4n) is 3.54. The molecule has 0 radical (unpaired) electrons. The minimum atomic E-state index is -0.599. The number of rotatable bonds is 7. The summed E-state index contributed by atoms with van der Waals surface area (Å²) in [6.07, 6.45) is 1.75. The van der Waals surface area contributed by atoms with Gasteiger partial charge in [0.1, 0.15) is 0 Å². The molecule has 1 aliphatic heterocycles. The van der Waals surface area contributed by atoms with E-state index in [0.29, 0.717) is 34.9 Å². The molecule has 0 bridgehead atoms. The Labute approximate surface area is 187 Å². The van der Waals surface area contributed by atoms with Crippen LogP contribution in [0, 0.1) is 10.1 Å². The Morgan fingerprint density at radius 3 is 2.91 bits per heavy atom. The highest BCUT2D eigenvalue weighted by Gasteiger charge is 2.23. The highest BCUT2D eigenvalue weighted by atomic mass is 32.2. The van der Waals surface area contributed by atoms with Gasteiger partial charge < -0.3 is 10.1 Å². The number of nitro benzene ring substituents is 1. The van der Waals surface area contributed by atoms with E-state index in [1.54, 1.807) is 35.8 Å². The molecular formula is C22H22N4O5S. The van der Waals surface area contributed by atoms with Crippen molar-refractivity contribution in [3.05, 3.63) is 69.0 Å². The zero-order valence-electron chi connectivity index (χ0n) is 17.4. The SMILES string of the molecule is C[C@H](Sc1nc2ccccc2c(=O)n1C[C@@H]1CCCO1)C(=O)Nc1cccc([N+](=O)[O-])c1. The minimum Gasteiger partial charge on any atom is -0.376 e. The number of hydrogen-bond acceptors (Lipinski definition) is 7. The van der Waals surface area contributed by atoms with Crippen LogP contribution in [-0.2, 0) is 16.1 Å². The van der Waals surface area contributed by atoms with Gasteiger partial charge in [-0.2, -0.15) is 0 Å². The van der Waals surface area contributed by atoms with E-state index in [1.807, 2.05) is 6.07 Å². The number of ether oxygens (including phenoxy) is 1. The molecule has 166 valence electrons. The van der Waals surface area contributed by atoms with Crippen LogP contribution in [0.25, 0.3) is 10.9 Å². The molecule has 0 unspecified atom stereocenters. The van der Waals surface area contributed by atoms with Crippen molar-refractivity contribution < 1.29 is 14.5 Å². The molecule has 4 rings (SSSR count). The molecule has 32 heavy (non-hydrogen) atoms. The molecule has 10 heteroatoms. The van der Waals surface area contributed by atoms with Gasteiger partial charge >= 0.3 is 0 Å². The van der Waals surface area contributed by atoms with E-state index in [0.717, 1.165) is 12.8 Å². The van der Waals surface area contributed by atoms with E-state index in [-0.39, 0.29) is 23.3 Å². The van der Waals surface area contributed by atoms with Crippen LogP contribution < -0.4 is 10.9 Å². The topological polar surface area (TPSA) is 116 Å². The molecule has 3 aromatic rings. The number of nitro groups is 1. The van der Waals surface area contributed by atoms with Crippen molar-refractivity contribution in [3.8, 4) is 0 Å². The predicted molar refractivity (Wildman–Crippen MR) is 122 cm³/mol. The predicted octanol–water partition coefficient (Wildman–Crippen LogP) is 3.60. The molecule has 2 atom stereocenters. The van der Waals surface area contributed by atoms with E-state index < -0.39 is 10.2 Å². The van der Waals surface area contributed by atoms with E-state index in [9.17, 15) is 19.7 Å². The van der Waals surface area contributed by atoms with E-state index >= 15 is 0 Å². The van der Waals surface area contributed by atoms with E-state index in [4.69, 9.17) is 4.74 Å². The van der Waals surface area contributed by atoms with Gasteiger partial charge in [0, 0.05) is 24.4 Å². The van der Waals surface area contributed by atoms with Gasteiger partial charge in [-0.15, -0.1) is 0 Å². The second kappa shape index (κ2) is 9.49. The fraction of sp³-hybridized carbons (Fsp3) is 0.318. The maximum atomic E-state index is 13.2. The molecular weight excluding hydrogens is 432 g/mol. The van der Waals surface area contributed by atoms with Gasteiger partial charge in [-0.3, -0.25) is 24.3 Å². The second-order valence-electron chi connectivity index (χ2n) is 7.52. The molecule has 9 nitrogen and oxygen atoms in total. The summed E-state index contributed by atoms with van der Waals surface area (Å²) in [6.45, 7) is 2.75.